The normalized spacial score (nSPS) is 16.8. The molecule has 3 N–H and O–H groups in total. The van der Waals surface area contributed by atoms with Crippen LogP contribution in [0.4, 0.5) is 5.69 Å². The van der Waals surface area contributed by atoms with Crippen LogP contribution in [0, 0.1) is 18.3 Å². The van der Waals surface area contributed by atoms with Gasteiger partial charge in [0.25, 0.3) is 5.91 Å². The summed E-state index contributed by atoms with van der Waals surface area (Å²) in [7, 11) is 0. The van der Waals surface area contributed by atoms with Crippen molar-refractivity contribution in [3.05, 3.63) is 75.1 Å². The van der Waals surface area contributed by atoms with Gasteiger partial charge in [-0.25, -0.2) is 0 Å². The monoisotopic (exact) mass is 668 g/mol. The molecule has 5 rings (SSSR count). The second kappa shape index (κ2) is 17.2. The number of nitrogens with one attached hydrogen (secondary N) is 3. The summed E-state index contributed by atoms with van der Waals surface area (Å²) in [4.78, 5) is 41.0. The van der Waals surface area contributed by atoms with E-state index in [1.807, 2.05) is 57.4 Å². The van der Waals surface area contributed by atoms with E-state index in [0.29, 0.717) is 23.4 Å². The van der Waals surface area contributed by atoms with Gasteiger partial charge in [0, 0.05) is 35.6 Å². The van der Waals surface area contributed by atoms with Crippen molar-refractivity contribution in [1.29, 1.82) is 0 Å². The molecule has 1 aliphatic heterocycles. The molecule has 2 aliphatic rings. The van der Waals surface area contributed by atoms with Gasteiger partial charge in [-0.05, 0) is 109 Å². The molecule has 8 nitrogen and oxygen atoms in total. The highest BCUT2D eigenvalue weighted by Gasteiger charge is 2.47. The lowest BCUT2D eigenvalue weighted by molar-refractivity contribution is -0.140. The highest BCUT2D eigenvalue weighted by atomic mass is 35.5. The molecule has 2 heterocycles. The number of benzene rings is 2. The number of rotatable bonds is 10. The first-order valence-electron chi connectivity index (χ1n) is 16.5. The molecule has 2 aromatic carbocycles. The van der Waals surface area contributed by atoms with Crippen LogP contribution in [0.25, 0.3) is 11.0 Å². The quantitative estimate of drug-likeness (QED) is 0.152. The Labute approximate surface area is 282 Å². The van der Waals surface area contributed by atoms with Gasteiger partial charge in [-0.3, -0.25) is 14.4 Å². The predicted molar refractivity (Wildman–Crippen MR) is 191 cm³/mol. The van der Waals surface area contributed by atoms with Crippen LogP contribution in [0.5, 0.6) is 0 Å². The number of hydrogen-bond donors (Lipinski definition) is 3. The zero-order valence-electron chi connectivity index (χ0n) is 27.6. The maximum atomic E-state index is 13.3. The lowest BCUT2D eigenvalue weighted by atomic mass is 9.63. The third-order valence-corrected chi connectivity index (χ3v) is 9.82. The van der Waals surface area contributed by atoms with Crippen molar-refractivity contribution in [2.24, 2.45) is 11.3 Å². The number of aryl methyl sites for hydroxylation is 1. The molecule has 46 heavy (non-hydrogen) atoms. The molecule has 2 fully saturated rings. The van der Waals surface area contributed by atoms with Crippen molar-refractivity contribution in [3.8, 4) is 0 Å². The number of piperidine rings is 1. The largest absolute Gasteiger partial charge is 0.451 e. The molecular formula is C36H49ClN4O4S. The highest BCUT2D eigenvalue weighted by molar-refractivity contribution is 7.99. The van der Waals surface area contributed by atoms with Crippen molar-refractivity contribution in [2.75, 3.05) is 37.2 Å². The van der Waals surface area contributed by atoms with Gasteiger partial charge in [0.15, 0.2) is 11.2 Å². The summed E-state index contributed by atoms with van der Waals surface area (Å²) >= 11 is 7.05. The number of nitrogens with zero attached hydrogens (tertiary/aromatic N) is 1. The smallest absolute Gasteiger partial charge is 0.287 e. The van der Waals surface area contributed by atoms with Gasteiger partial charge in [0.2, 0.25) is 5.91 Å². The highest BCUT2D eigenvalue weighted by Crippen LogP contribution is 2.46. The number of hydrogen-bond acceptors (Lipinski definition) is 7. The fourth-order valence-electron chi connectivity index (χ4n) is 6.63. The lowest BCUT2D eigenvalue weighted by Crippen LogP contribution is -2.54. The zero-order chi connectivity index (χ0) is 33.1. The molecule has 250 valence electrons. The fourth-order valence-corrected chi connectivity index (χ4v) is 7.12. The Morgan fingerprint density at radius 2 is 1.74 bits per heavy atom. The Bertz CT molecular complexity index is 1480. The molecule has 0 spiro atoms. The summed E-state index contributed by atoms with van der Waals surface area (Å²) in [6.07, 6.45) is 10.6. The summed E-state index contributed by atoms with van der Waals surface area (Å²) in [6, 6.07) is 14.4. The summed E-state index contributed by atoms with van der Waals surface area (Å²) in [6.45, 7) is 9.29. The Hall–Kier alpha value is -3.01. The van der Waals surface area contributed by atoms with Crippen LogP contribution < -0.4 is 20.8 Å². The number of likely N-dealkylation sites (tertiary alicyclic amines) is 1. The number of fused-ring (bicyclic) bond motifs is 1. The summed E-state index contributed by atoms with van der Waals surface area (Å²) in [5.74, 6) is 0.386. The topological polar surface area (TPSA) is 104 Å². The van der Waals surface area contributed by atoms with E-state index in [9.17, 15) is 14.4 Å². The Morgan fingerprint density at radius 3 is 2.37 bits per heavy atom. The van der Waals surface area contributed by atoms with Gasteiger partial charge in [-0.1, -0.05) is 60.5 Å². The SMILES string of the molecule is CSNc1ccc2oc(C(=O)NCCCN3CCC(C(=O)NC(C)C)(C4CCCCC4)CC3)cc(=O)c2c1.Cc1ccc(Cl)cc1. The molecule has 1 saturated carbocycles. The molecule has 1 aromatic heterocycles. The Morgan fingerprint density at radius 1 is 1.04 bits per heavy atom. The van der Waals surface area contributed by atoms with E-state index < -0.39 is 0 Å². The van der Waals surface area contributed by atoms with Crippen molar-refractivity contribution in [2.45, 2.75) is 78.2 Å². The van der Waals surface area contributed by atoms with E-state index in [-0.39, 0.29) is 34.5 Å². The number of anilines is 1. The molecule has 2 amide bonds. The molecule has 1 aliphatic carbocycles. The predicted octanol–water partition coefficient (Wildman–Crippen LogP) is 7.44. The minimum atomic E-state index is -0.379. The van der Waals surface area contributed by atoms with Gasteiger partial charge in [0.1, 0.15) is 5.58 Å². The maximum Gasteiger partial charge on any atom is 0.287 e. The molecule has 0 atom stereocenters. The molecule has 0 unspecified atom stereocenters. The third kappa shape index (κ3) is 9.75. The minimum Gasteiger partial charge on any atom is -0.451 e. The zero-order valence-corrected chi connectivity index (χ0v) is 29.2. The number of carbonyl (C=O) groups is 2. The second-order valence-corrected chi connectivity index (χ2v) is 13.9. The van der Waals surface area contributed by atoms with E-state index in [2.05, 4.69) is 20.3 Å². The standard InChI is InChI=1S/C29H42N4O4S.C7H7Cl/c1-20(2)31-28(36)29(21-8-5-4-6-9-21)12-16-33(17-13-29)15-7-14-30-27(35)26-19-24(34)23-18-22(32-38-3)10-11-25(23)37-26;1-6-2-4-7(8)5-3-6/h10-11,18-21,32H,4-9,12-17H2,1-3H3,(H,30,35)(H,31,36);2-5H,1H3. The number of halogens is 1. The average molecular weight is 669 g/mol. The Kier molecular flexibility index (Phi) is 13.4. The van der Waals surface area contributed by atoms with Crippen LogP contribution in [0.2, 0.25) is 5.02 Å². The van der Waals surface area contributed by atoms with E-state index in [1.165, 1.54) is 42.8 Å². The van der Waals surface area contributed by atoms with Crippen LogP contribution in [-0.2, 0) is 4.79 Å². The molecule has 0 bridgehead atoms. The van der Waals surface area contributed by atoms with E-state index in [1.54, 1.807) is 12.1 Å². The second-order valence-electron chi connectivity index (χ2n) is 12.9. The first-order chi connectivity index (χ1) is 22.1. The molecule has 1 saturated heterocycles. The summed E-state index contributed by atoms with van der Waals surface area (Å²) < 4.78 is 8.81. The van der Waals surface area contributed by atoms with Crippen LogP contribution in [0.3, 0.4) is 0 Å². The van der Waals surface area contributed by atoms with E-state index in [4.69, 9.17) is 16.0 Å². The van der Waals surface area contributed by atoms with Crippen LogP contribution >= 0.6 is 23.5 Å². The lowest BCUT2D eigenvalue weighted by Gasteiger charge is -2.47. The molecule has 3 aromatic rings. The fraction of sp³-hybridized carbons (Fsp3) is 0.528. The van der Waals surface area contributed by atoms with Gasteiger partial charge in [-0.2, -0.15) is 0 Å². The summed E-state index contributed by atoms with van der Waals surface area (Å²) in [5, 5.41) is 7.36. The van der Waals surface area contributed by atoms with Gasteiger partial charge in [0.05, 0.1) is 10.8 Å². The van der Waals surface area contributed by atoms with Crippen molar-refractivity contribution in [3.63, 3.8) is 0 Å². The number of carbonyl (C=O) groups excluding carboxylic acids is 2. The van der Waals surface area contributed by atoms with Gasteiger partial charge >= 0.3 is 0 Å². The van der Waals surface area contributed by atoms with Crippen molar-refractivity contribution in [1.82, 2.24) is 15.5 Å². The molecular weight excluding hydrogens is 620 g/mol. The molecule has 0 radical (unpaired) electrons. The first-order valence-corrected chi connectivity index (χ1v) is 18.1. The first kappa shape index (κ1) is 35.8. The van der Waals surface area contributed by atoms with E-state index >= 15 is 0 Å². The third-order valence-electron chi connectivity index (χ3n) is 9.13. The van der Waals surface area contributed by atoms with Gasteiger partial charge in [-0.15, -0.1) is 0 Å². The van der Waals surface area contributed by atoms with Crippen molar-refractivity contribution >= 4 is 52.0 Å². The van der Waals surface area contributed by atoms with Crippen LogP contribution in [-0.4, -0.2) is 55.2 Å². The molecule has 10 heteroatoms. The van der Waals surface area contributed by atoms with Crippen LogP contribution in [0.15, 0.2) is 57.7 Å². The average Bonchev–Trinajstić information content (AvgIpc) is 3.05. The van der Waals surface area contributed by atoms with Gasteiger partial charge < -0.3 is 24.7 Å². The summed E-state index contributed by atoms with van der Waals surface area (Å²) in [5.41, 5.74) is 1.97. The van der Waals surface area contributed by atoms with Crippen LogP contribution in [0.1, 0.15) is 81.3 Å². The maximum absolute atomic E-state index is 13.3. The van der Waals surface area contributed by atoms with E-state index in [0.717, 1.165) is 62.4 Å². The number of amides is 2. The Balaban J connectivity index is 0.000000523. The van der Waals surface area contributed by atoms with Crippen molar-refractivity contribution < 1.29 is 14.0 Å². The minimum absolute atomic E-state index is 0.0273.